The Hall–Kier alpha value is -1.46. The van der Waals surface area contributed by atoms with Crippen molar-refractivity contribution in [1.82, 2.24) is 0 Å². The largest absolute Gasteiger partial charge is 0.261 e. The van der Waals surface area contributed by atoms with Crippen molar-refractivity contribution in [2.24, 2.45) is 0 Å². The summed E-state index contributed by atoms with van der Waals surface area (Å²) in [5.74, 6) is 0. The maximum atomic E-state index is 8.39. The van der Waals surface area contributed by atoms with Gasteiger partial charge in [0.05, 0.1) is 0 Å². The molecule has 0 aromatic rings. The zero-order valence-electron chi connectivity index (χ0n) is 5.54. The highest BCUT2D eigenvalue weighted by Crippen LogP contribution is 2.33. The van der Waals surface area contributed by atoms with Crippen molar-refractivity contribution in [3.8, 4) is 24.3 Å². The number of hydrogen-bond donors (Lipinski definition) is 0. The molecule has 0 saturated heterocycles. The SMILES string of the molecule is N#CC(Cl)(C#N)C(Cl)(C#N)C#N. The molecule has 0 radical (unpaired) electrons. The van der Waals surface area contributed by atoms with Crippen LogP contribution in [0.1, 0.15) is 0 Å². The smallest absolute Gasteiger partial charge is 0.195 e. The summed E-state index contributed by atoms with van der Waals surface area (Å²) in [7, 11) is 0. The van der Waals surface area contributed by atoms with Gasteiger partial charge in [0.25, 0.3) is 9.75 Å². The van der Waals surface area contributed by atoms with Gasteiger partial charge < -0.3 is 0 Å². The van der Waals surface area contributed by atoms with Crippen molar-refractivity contribution in [3.63, 3.8) is 0 Å². The molecule has 0 aliphatic rings. The summed E-state index contributed by atoms with van der Waals surface area (Å²) < 4.78 is 0. The first-order chi connectivity index (χ1) is 5.49. The highest BCUT2D eigenvalue weighted by Gasteiger charge is 2.52. The lowest BCUT2D eigenvalue weighted by Gasteiger charge is -2.17. The molecule has 0 atom stereocenters. The number of halogens is 2. The minimum absolute atomic E-state index is 1.30. The molecule has 0 N–H and O–H groups in total. The maximum absolute atomic E-state index is 8.39. The summed E-state index contributed by atoms with van der Waals surface area (Å²) in [4.78, 5) is -4.67. The molecule has 0 aromatic heterocycles. The standard InChI is InChI=1S/C6Cl2N4/c7-5(1-9,2-10)6(8,3-11)4-12. The number of alkyl halides is 2. The Labute approximate surface area is 78.7 Å². The van der Waals surface area contributed by atoms with Gasteiger partial charge in [0.1, 0.15) is 24.3 Å². The van der Waals surface area contributed by atoms with Gasteiger partial charge in [0, 0.05) is 0 Å². The minimum Gasteiger partial charge on any atom is -0.195 e. The fraction of sp³-hybridized carbons (Fsp3) is 0.333. The van der Waals surface area contributed by atoms with Crippen LogP contribution in [0.3, 0.4) is 0 Å². The van der Waals surface area contributed by atoms with E-state index in [1.807, 2.05) is 0 Å². The Morgan fingerprint density at radius 1 is 0.667 bits per heavy atom. The van der Waals surface area contributed by atoms with Crippen LogP contribution in [-0.4, -0.2) is 9.75 Å². The van der Waals surface area contributed by atoms with Gasteiger partial charge in [-0.25, -0.2) is 0 Å². The number of hydrogen-bond acceptors (Lipinski definition) is 4. The van der Waals surface area contributed by atoms with Crippen molar-refractivity contribution in [3.05, 3.63) is 0 Å². The summed E-state index contributed by atoms with van der Waals surface area (Å²) in [5.41, 5.74) is 0. The fourth-order valence-electron chi connectivity index (χ4n) is 0.358. The number of rotatable bonds is 1. The number of nitriles is 4. The van der Waals surface area contributed by atoms with E-state index >= 15 is 0 Å². The van der Waals surface area contributed by atoms with E-state index in [9.17, 15) is 0 Å². The Kier molecular flexibility index (Phi) is 2.89. The van der Waals surface area contributed by atoms with Crippen LogP contribution in [-0.2, 0) is 0 Å². The van der Waals surface area contributed by atoms with Crippen LogP contribution in [0.5, 0.6) is 0 Å². The molecule has 0 heterocycles. The van der Waals surface area contributed by atoms with Crippen LogP contribution in [0, 0.1) is 45.3 Å². The minimum atomic E-state index is -2.34. The van der Waals surface area contributed by atoms with Crippen LogP contribution in [0.15, 0.2) is 0 Å². The molecule has 0 bridgehead atoms. The first kappa shape index (κ1) is 10.5. The lowest BCUT2D eigenvalue weighted by Crippen LogP contribution is -2.41. The second-order valence-electron chi connectivity index (χ2n) is 1.76. The lowest BCUT2D eigenvalue weighted by atomic mass is 9.96. The quantitative estimate of drug-likeness (QED) is 0.589. The predicted octanol–water partition coefficient (Wildman–Crippen LogP) is 1.04. The first-order valence-electron chi connectivity index (χ1n) is 2.52. The van der Waals surface area contributed by atoms with Gasteiger partial charge in [-0.15, -0.1) is 0 Å². The Morgan fingerprint density at radius 3 is 0.917 bits per heavy atom. The lowest BCUT2D eigenvalue weighted by molar-refractivity contribution is 0.801. The van der Waals surface area contributed by atoms with Crippen molar-refractivity contribution >= 4 is 23.2 Å². The third-order valence-corrected chi connectivity index (χ3v) is 2.09. The van der Waals surface area contributed by atoms with E-state index in [0.717, 1.165) is 0 Å². The second kappa shape index (κ2) is 3.29. The van der Waals surface area contributed by atoms with Crippen LogP contribution in [0.4, 0.5) is 0 Å². The highest BCUT2D eigenvalue weighted by atomic mass is 35.5. The third kappa shape index (κ3) is 1.27. The zero-order valence-corrected chi connectivity index (χ0v) is 7.06. The summed E-state index contributed by atoms with van der Waals surface area (Å²) in [5, 5.41) is 33.6. The molecule has 6 heteroatoms. The van der Waals surface area contributed by atoms with Crippen molar-refractivity contribution in [1.29, 1.82) is 21.0 Å². The molecule has 0 spiro atoms. The van der Waals surface area contributed by atoms with Crippen molar-refractivity contribution < 1.29 is 0 Å². The van der Waals surface area contributed by atoms with Gasteiger partial charge in [0.2, 0.25) is 0 Å². The topological polar surface area (TPSA) is 95.2 Å². The molecule has 0 fully saturated rings. The molecule has 0 amide bonds. The van der Waals surface area contributed by atoms with Gasteiger partial charge in [0.15, 0.2) is 0 Å². The first-order valence-corrected chi connectivity index (χ1v) is 3.28. The van der Waals surface area contributed by atoms with E-state index < -0.39 is 9.75 Å². The maximum Gasteiger partial charge on any atom is 0.261 e. The van der Waals surface area contributed by atoms with Crippen molar-refractivity contribution in [2.45, 2.75) is 9.75 Å². The molecule has 58 valence electrons. The molecular formula is C6Cl2N4. The molecule has 0 unspecified atom stereocenters. The van der Waals surface area contributed by atoms with E-state index in [2.05, 4.69) is 0 Å². The Bertz CT molecular complexity index is 284. The number of nitrogens with zero attached hydrogens (tertiary/aromatic N) is 4. The van der Waals surface area contributed by atoms with Gasteiger partial charge in [-0.3, -0.25) is 0 Å². The predicted molar refractivity (Wildman–Crippen MR) is 39.6 cm³/mol. The third-order valence-electron chi connectivity index (χ3n) is 1.09. The zero-order chi connectivity index (χ0) is 9.83. The average molecular weight is 199 g/mol. The van der Waals surface area contributed by atoms with Gasteiger partial charge >= 0.3 is 0 Å². The van der Waals surface area contributed by atoms with Crippen LogP contribution >= 0.6 is 23.2 Å². The van der Waals surface area contributed by atoms with Gasteiger partial charge in [-0.05, 0) is 0 Å². The highest BCUT2D eigenvalue weighted by molar-refractivity contribution is 6.40. The summed E-state index contributed by atoms with van der Waals surface area (Å²) in [6, 6.07) is 5.19. The molecular weight excluding hydrogens is 199 g/mol. The normalized spacial score (nSPS) is 10.2. The molecule has 0 aromatic carbocycles. The molecule has 12 heavy (non-hydrogen) atoms. The summed E-state index contributed by atoms with van der Waals surface area (Å²) >= 11 is 10.6. The van der Waals surface area contributed by atoms with Crippen molar-refractivity contribution in [2.75, 3.05) is 0 Å². The average Bonchev–Trinajstić information content (AvgIpc) is 2.15. The monoisotopic (exact) mass is 198 g/mol. The van der Waals surface area contributed by atoms with Gasteiger partial charge in [-0.2, -0.15) is 21.0 Å². The molecule has 0 saturated carbocycles. The van der Waals surface area contributed by atoms with Crippen LogP contribution < -0.4 is 0 Å². The van der Waals surface area contributed by atoms with Crippen LogP contribution in [0.25, 0.3) is 0 Å². The molecule has 0 rings (SSSR count). The van der Waals surface area contributed by atoms with Gasteiger partial charge in [-0.1, -0.05) is 23.2 Å². The molecule has 0 aliphatic heterocycles. The van der Waals surface area contributed by atoms with E-state index in [-0.39, 0.29) is 0 Å². The summed E-state index contributed by atoms with van der Waals surface area (Å²) in [6.07, 6.45) is 0. The van der Waals surface area contributed by atoms with E-state index in [4.69, 9.17) is 44.2 Å². The molecule has 4 nitrogen and oxygen atoms in total. The Balaban J connectivity index is 5.38. The van der Waals surface area contributed by atoms with E-state index in [1.54, 1.807) is 0 Å². The van der Waals surface area contributed by atoms with E-state index in [0.29, 0.717) is 0 Å². The fourth-order valence-corrected chi connectivity index (χ4v) is 0.527. The van der Waals surface area contributed by atoms with Crippen LogP contribution in [0.2, 0.25) is 0 Å². The second-order valence-corrected chi connectivity index (χ2v) is 2.90. The summed E-state index contributed by atoms with van der Waals surface area (Å²) in [6.45, 7) is 0. The molecule has 0 aliphatic carbocycles. The van der Waals surface area contributed by atoms with E-state index in [1.165, 1.54) is 24.3 Å². The Morgan fingerprint density at radius 2 is 0.833 bits per heavy atom.